The summed E-state index contributed by atoms with van der Waals surface area (Å²) in [7, 11) is 7.83. The van der Waals surface area contributed by atoms with Crippen molar-refractivity contribution in [2.45, 2.75) is 63.6 Å². The van der Waals surface area contributed by atoms with Crippen molar-refractivity contribution in [3.05, 3.63) is 60.7 Å². The lowest BCUT2D eigenvalue weighted by molar-refractivity contribution is -0.161. The van der Waals surface area contributed by atoms with Crippen molar-refractivity contribution < 1.29 is 38.2 Å². The van der Waals surface area contributed by atoms with Crippen LogP contribution in [0.2, 0.25) is 0 Å². The second kappa shape index (κ2) is 20.3. The Bertz CT molecular complexity index is 1650. The zero-order chi connectivity index (χ0) is 42.1. The molecule has 0 saturated heterocycles. The second-order valence-corrected chi connectivity index (χ2v) is 17.2. The zero-order valence-corrected chi connectivity index (χ0v) is 34.7. The second-order valence-electron chi connectivity index (χ2n) is 17.2. The van der Waals surface area contributed by atoms with Gasteiger partial charge in [-0.05, 0) is 129 Å². The number of carbonyl (C=O) groups excluding carboxylic acids is 6. The van der Waals surface area contributed by atoms with E-state index in [-0.39, 0.29) is 23.7 Å². The topological polar surface area (TPSA) is 188 Å². The molecule has 59 heavy (non-hydrogen) atoms. The molecule has 0 radical (unpaired) electrons. The Hall–Kier alpha value is -5.02. The van der Waals surface area contributed by atoms with Gasteiger partial charge in [0, 0.05) is 36.3 Å². The number of ether oxygens (including phenoxy) is 2. The van der Waals surface area contributed by atoms with Crippen LogP contribution in [-0.2, 0) is 28.7 Å². The quantitative estimate of drug-likeness (QED) is 0.121. The van der Waals surface area contributed by atoms with Gasteiger partial charge in [0.05, 0.1) is 23.7 Å². The summed E-state index contributed by atoms with van der Waals surface area (Å²) < 4.78 is 11.9. The fourth-order valence-corrected chi connectivity index (χ4v) is 10.1. The molecule has 6 aliphatic rings. The van der Waals surface area contributed by atoms with Crippen LogP contribution in [0.25, 0.3) is 0 Å². The smallest absolute Gasteiger partial charge is 0.411 e. The summed E-state index contributed by atoms with van der Waals surface area (Å²) in [5.41, 5.74) is 1.12. The molecule has 6 saturated carbocycles. The third-order valence-corrected chi connectivity index (χ3v) is 12.7. The Labute approximate surface area is 347 Å². The number of hydrogen-bond donors (Lipinski definition) is 5. The molecule has 15 nitrogen and oxygen atoms in total. The normalized spacial score (nSPS) is 28.0. The molecular formula is C44H61N7O8. The minimum Gasteiger partial charge on any atom is -0.446 e. The number of nitrogens with one attached hydrogen (secondary N) is 5. The van der Waals surface area contributed by atoms with Crippen LogP contribution in [0.1, 0.15) is 51.4 Å². The van der Waals surface area contributed by atoms with Crippen molar-refractivity contribution in [3.63, 3.8) is 0 Å². The third-order valence-electron chi connectivity index (χ3n) is 12.7. The summed E-state index contributed by atoms with van der Waals surface area (Å²) in [4.78, 5) is 87.5. The van der Waals surface area contributed by atoms with Crippen molar-refractivity contribution >= 4 is 47.2 Å². The van der Waals surface area contributed by atoms with E-state index in [0.717, 1.165) is 25.9 Å². The average Bonchev–Trinajstić information content (AvgIpc) is 3.21. The molecule has 0 aliphatic heterocycles. The molecule has 2 aromatic carbocycles. The maximum Gasteiger partial charge on any atom is 0.411 e. The monoisotopic (exact) mass is 815 g/mol. The first-order chi connectivity index (χ1) is 28.4. The van der Waals surface area contributed by atoms with Crippen LogP contribution in [0.4, 0.5) is 21.0 Å². The van der Waals surface area contributed by atoms with Gasteiger partial charge in [-0.25, -0.2) is 9.59 Å². The molecular weight excluding hydrogens is 755 g/mol. The van der Waals surface area contributed by atoms with E-state index < -0.39 is 71.7 Å². The van der Waals surface area contributed by atoms with E-state index in [2.05, 4.69) is 26.6 Å². The Morgan fingerprint density at radius 2 is 0.932 bits per heavy atom. The highest BCUT2D eigenvalue weighted by atomic mass is 16.6. The van der Waals surface area contributed by atoms with Crippen molar-refractivity contribution in [1.82, 2.24) is 25.8 Å². The van der Waals surface area contributed by atoms with E-state index in [1.807, 2.05) is 50.1 Å². The predicted molar refractivity (Wildman–Crippen MR) is 222 cm³/mol. The predicted octanol–water partition coefficient (Wildman–Crippen LogP) is 4.32. The van der Waals surface area contributed by atoms with E-state index in [0.29, 0.717) is 63.0 Å². The number of rotatable bonds is 16. The van der Waals surface area contributed by atoms with Gasteiger partial charge in [0.2, 0.25) is 23.6 Å². The van der Waals surface area contributed by atoms with E-state index in [4.69, 9.17) is 9.47 Å². The molecule has 10 atom stereocenters. The van der Waals surface area contributed by atoms with Crippen molar-refractivity contribution in [2.75, 3.05) is 65.0 Å². The molecule has 6 amide bonds. The van der Waals surface area contributed by atoms with Gasteiger partial charge in [-0.3, -0.25) is 35.1 Å². The van der Waals surface area contributed by atoms with Gasteiger partial charge in [0.25, 0.3) is 0 Å². The van der Waals surface area contributed by atoms with E-state index in [1.165, 1.54) is 0 Å². The van der Waals surface area contributed by atoms with Crippen LogP contribution in [0.3, 0.4) is 0 Å². The van der Waals surface area contributed by atoms with Gasteiger partial charge < -0.3 is 29.9 Å². The fourth-order valence-electron chi connectivity index (χ4n) is 10.1. The van der Waals surface area contributed by atoms with Gasteiger partial charge in [0.1, 0.15) is 12.2 Å². The molecule has 6 aliphatic carbocycles. The lowest BCUT2D eigenvalue weighted by Gasteiger charge is -2.51. The molecule has 8 rings (SSSR count). The van der Waals surface area contributed by atoms with E-state index in [1.54, 1.807) is 48.5 Å². The lowest BCUT2D eigenvalue weighted by Crippen LogP contribution is -2.62. The Morgan fingerprint density at radius 3 is 1.31 bits per heavy atom. The third kappa shape index (κ3) is 11.2. The standard InChI is InChI=1S/C44H61N7O8/c1-50(2)23-11-21-45-39(52)35-27-17-19-31(33(25-27)58-43(56)47-29-13-7-5-8-14-29)37(35)41(54)49-42(55)38-32-20-18-28(36(38)40(53)46-22-12-24-51(3)4)26-34(32)59-44(57)48-30-15-9-6-10-16-30/h5-10,13-16,27-28,31-38H,11-12,17-26H2,1-4H3,(H,45,52)(H,46,53)(H,47,56)(H,48,57)(H,49,54,55). The van der Waals surface area contributed by atoms with Crippen LogP contribution >= 0.6 is 0 Å². The number of fused-ring (bicyclic) bond motifs is 6. The first-order valence-electron chi connectivity index (χ1n) is 21.1. The van der Waals surface area contributed by atoms with Crippen molar-refractivity contribution in [3.8, 4) is 0 Å². The van der Waals surface area contributed by atoms with Gasteiger partial charge in [-0.1, -0.05) is 36.4 Å². The largest absolute Gasteiger partial charge is 0.446 e. The minimum absolute atomic E-state index is 0.261. The summed E-state index contributed by atoms with van der Waals surface area (Å²) in [5, 5.41) is 14.3. The number of carbonyl (C=O) groups is 6. The number of para-hydroxylation sites is 2. The maximum absolute atomic E-state index is 14.6. The Balaban J connectivity index is 1.22. The number of anilines is 2. The summed E-state index contributed by atoms with van der Waals surface area (Å²) in [6, 6.07) is 17.8. The van der Waals surface area contributed by atoms with Crippen LogP contribution in [0.15, 0.2) is 60.7 Å². The summed E-state index contributed by atoms with van der Waals surface area (Å²) >= 11 is 0. The molecule has 6 fully saturated rings. The summed E-state index contributed by atoms with van der Waals surface area (Å²) in [5.74, 6) is -6.75. The fraction of sp³-hybridized carbons (Fsp3) is 0.591. The molecule has 5 N–H and O–H groups in total. The van der Waals surface area contributed by atoms with Crippen LogP contribution in [0.5, 0.6) is 0 Å². The van der Waals surface area contributed by atoms with Gasteiger partial charge in [-0.2, -0.15) is 0 Å². The molecule has 0 aromatic heterocycles. The molecule has 2 aromatic rings. The maximum atomic E-state index is 14.6. The zero-order valence-electron chi connectivity index (χ0n) is 34.7. The molecule has 10 unspecified atom stereocenters. The number of benzene rings is 2. The Kier molecular flexibility index (Phi) is 15.0. The first kappa shape index (κ1) is 43.6. The summed E-state index contributed by atoms with van der Waals surface area (Å²) in [6.45, 7) is 2.39. The molecule has 0 spiro atoms. The molecule has 0 heterocycles. The van der Waals surface area contributed by atoms with Gasteiger partial charge in [0.15, 0.2) is 0 Å². The summed E-state index contributed by atoms with van der Waals surface area (Å²) in [6.07, 6.45) is 2.03. The van der Waals surface area contributed by atoms with Crippen LogP contribution in [0, 0.1) is 47.3 Å². The van der Waals surface area contributed by atoms with E-state index in [9.17, 15) is 28.8 Å². The van der Waals surface area contributed by atoms with Crippen LogP contribution < -0.4 is 26.6 Å². The minimum atomic E-state index is -0.961. The van der Waals surface area contributed by atoms with E-state index >= 15 is 0 Å². The number of nitrogens with zero attached hydrogens (tertiary/aromatic N) is 2. The number of amides is 6. The molecule has 4 bridgehead atoms. The van der Waals surface area contributed by atoms with Crippen molar-refractivity contribution in [2.24, 2.45) is 47.3 Å². The van der Waals surface area contributed by atoms with Gasteiger partial charge >= 0.3 is 12.2 Å². The molecule has 320 valence electrons. The molecule has 15 heteroatoms. The highest BCUT2D eigenvalue weighted by molar-refractivity contribution is 6.01. The number of hydrogen-bond acceptors (Lipinski definition) is 10. The van der Waals surface area contributed by atoms with Crippen LogP contribution in [-0.4, -0.2) is 112 Å². The first-order valence-corrected chi connectivity index (χ1v) is 21.1. The SMILES string of the molecule is CN(C)CCCNC(=O)C1C2CCC(C(OC(=O)Nc3ccccc3)C2)C1C(=O)NC(=O)C1C2CCC(CC2OC(=O)Nc2ccccc2)C1C(=O)NCCCN(C)C. The van der Waals surface area contributed by atoms with Crippen molar-refractivity contribution in [1.29, 1.82) is 0 Å². The van der Waals surface area contributed by atoms with Gasteiger partial charge in [-0.15, -0.1) is 0 Å². The lowest BCUT2D eigenvalue weighted by atomic mass is 9.56. The Morgan fingerprint density at radius 1 is 0.542 bits per heavy atom. The highest BCUT2D eigenvalue weighted by Gasteiger charge is 2.58. The highest BCUT2D eigenvalue weighted by Crippen LogP contribution is 2.52. The number of imide groups is 1. The average molecular weight is 816 g/mol.